The van der Waals surface area contributed by atoms with Crippen LogP contribution in [0.15, 0.2) is 24.3 Å². The lowest BCUT2D eigenvalue weighted by Gasteiger charge is -2.30. The lowest BCUT2D eigenvalue weighted by Crippen LogP contribution is -2.23. The quantitative estimate of drug-likeness (QED) is 0.933. The molecule has 1 saturated carbocycles. The molecule has 3 rings (SSSR count). The van der Waals surface area contributed by atoms with Crippen molar-refractivity contribution in [1.82, 2.24) is 4.57 Å². The molecule has 0 spiro atoms. The minimum Gasteiger partial charge on any atom is -0.478 e. The van der Waals surface area contributed by atoms with E-state index in [4.69, 9.17) is 0 Å². The predicted octanol–water partition coefficient (Wildman–Crippen LogP) is 3.97. The van der Waals surface area contributed by atoms with Crippen LogP contribution in [-0.4, -0.2) is 21.4 Å². The first-order chi connectivity index (χ1) is 10.5. The number of fused-ring (bicyclic) bond motifs is 1. The number of carboxylic acid groups (broad SMARTS) is 1. The number of benzene rings is 1. The number of rotatable bonds is 3. The number of aromatic nitrogens is 1. The molecule has 0 aliphatic heterocycles. The van der Waals surface area contributed by atoms with Gasteiger partial charge in [-0.2, -0.15) is 0 Å². The fourth-order valence-electron chi connectivity index (χ4n) is 3.84. The number of hydrogen-bond acceptors (Lipinski definition) is 2. The number of para-hydroxylation sites is 1. The van der Waals surface area contributed by atoms with E-state index < -0.39 is 5.97 Å². The smallest absolute Gasteiger partial charge is 0.338 e. The number of carbonyl (C=O) groups is 2. The van der Waals surface area contributed by atoms with Crippen LogP contribution in [0.1, 0.15) is 54.7 Å². The van der Waals surface area contributed by atoms with Crippen molar-refractivity contribution >= 4 is 22.7 Å². The van der Waals surface area contributed by atoms with Gasteiger partial charge in [-0.15, -0.1) is 0 Å². The summed E-state index contributed by atoms with van der Waals surface area (Å²) in [7, 11) is 0. The number of Topliss-reactive ketones (excluding diaryl/α,β-unsaturated/α-hetero) is 1. The molecule has 4 heteroatoms. The summed E-state index contributed by atoms with van der Waals surface area (Å²) in [5.74, 6) is -0.101. The zero-order valence-electron chi connectivity index (χ0n) is 13.0. The van der Waals surface area contributed by atoms with Crippen LogP contribution in [0.4, 0.5) is 0 Å². The van der Waals surface area contributed by atoms with Crippen LogP contribution in [0, 0.1) is 12.8 Å². The molecule has 4 nitrogen and oxygen atoms in total. The Bertz CT molecular complexity index is 734. The van der Waals surface area contributed by atoms with Gasteiger partial charge in [0.15, 0.2) is 0 Å². The zero-order valence-corrected chi connectivity index (χ0v) is 13.0. The third-order valence-electron chi connectivity index (χ3n) is 5.05. The molecule has 1 aliphatic carbocycles. The summed E-state index contributed by atoms with van der Waals surface area (Å²) < 4.78 is 2.15. The molecule has 1 N–H and O–H groups in total. The largest absolute Gasteiger partial charge is 0.478 e. The highest BCUT2D eigenvalue weighted by Crippen LogP contribution is 2.36. The van der Waals surface area contributed by atoms with E-state index in [1.54, 1.807) is 0 Å². The minimum absolute atomic E-state index is 0.200. The maximum absolute atomic E-state index is 11.6. The van der Waals surface area contributed by atoms with Crippen molar-refractivity contribution in [2.75, 3.05) is 0 Å². The van der Waals surface area contributed by atoms with Crippen molar-refractivity contribution < 1.29 is 14.7 Å². The lowest BCUT2D eigenvalue weighted by molar-refractivity contribution is -0.121. The van der Waals surface area contributed by atoms with Gasteiger partial charge in [0.2, 0.25) is 0 Å². The van der Waals surface area contributed by atoms with E-state index in [2.05, 4.69) is 11.5 Å². The second-order valence-corrected chi connectivity index (χ2v) is 6.27. The van der Waals surface area contributed by atoms with Gasteiger partial charge < -0.3 is 9.67 Å². The van der Waals surface area contributed by atoms with Gasteiger partial charge in [0, 0.05) is 35.5 Å². The maximum Gasteiger partial charge on any atom is 0.338 e. The molecule has 0 unspecified atom stereocenters. The van der Waals surface area contributed by atoms with Gasteiger partial charge in [-0.1, -0.05) is 18.2 Å². The molecular weight excluding hydrogens is 278 g/mol. The Balaban J connectivity index is 2.08. The summed E-state index contributed by atoms with van der Waals surface area (Å²) in [6, 6.07) is 7.88. The molecule has 1 aromatic carbocycles. The van der Waals surface area contributed by atoms with Crippen molar-refractivity contribution in [3.8, 4) is 0 Å². The highest BCUT2D eigenvalue weighted by molar-refractivity contribution is 6.05. The van der Waals surface area contributed by atoms with Gasteiger partial charge >= 0.3 is 5.97 Å². The molecule has 1 atom stereocenters. The second kappa shape index (κ2) is 5.59. The standard InChI is InChI=1S/C18H21NO3/c1-11(13-7-9-14(20)10-8-13)19-12(2)17(18(21)22)15-5-3-4-6-16(15)19/h3-6,11,13H,7-10H2,1-2H3,(H,21,22)/t11-/m1/s1. The second-order valence-electron chi connectivity index (χ2n) is 6.27. The van der Waals surface area contributed by atoms with Crippen LogP contribution in [0.3, 0.4) is 0 Å². The molecular formula is C18H21NO3. The van der Waals surface area contributed by atoms with E-state index in [0.717, 1.165) is 29.4 Å². The molecule has 1 heterocycles. The Labute approximate surface area is 129 Å². The fraction of sp³-hybridized carbons (Fsp3) is 0.444. The number of carbonyl (C=O) groups excluding carboxylic acids is 1. The summed E-state index contributed by atoms with van der Waals surface area (Å²) in [6.07, 6.45) is 3.10. The highest BCUT2D eigenvalue weighted by atomic mass is 16.4. The van der Waals surface area contributed by atoms with Gasteiger partial charge in [-0.05, 0) is 38.7 Å². The van der Waals surface area contributed by atoms with E-state index in [1.165, 1.54) is 0 Å². The average Bonchev–Trinajstić information content (AvgIpc) is 2.79. The number of carboxylic acids is 1. The van der Waals surface area contributed by atoms with E-state index in [1.807, 2.05) is 31.2 Å². The predicted molar refractivity (Wildman–Crippen MR) is 85.3 cm³/mol. The minimum atomic E-state index is -0.876. The first-order valence-corrected chi connectivity index (χ1v) is 7.85. The Hall–Kier alpha value is -2.10. The zero-order chi connectivity index (χ0) is 15.9. The molecule has 22 heavy (non-hydrogen) atoms. The van der Waals surface area contributed by atoms with E-state index in [9.17, 15) is 14.7 Å². The van der Waals surface area contributed by atoms with Crippen molar-refractivity contribution in [2.45, 2.75) is 45.6 Å². The normalized spacial score (nSPS) is 17.8. The molecule has 1 aliphatic rings. The summed E-state index contributed by atoms with van der Waals surface area (Å²) in [5, 5.41) is 10.3. The first kappa shape index (κ1) is 14.8. The van der Waals surface area contributed by atoms with Gasteiger partial charge in [-0.25, -0.2) is 4.79 Å². The Morgan fingerprint density at radius 1 is 1.27 bits per heavy atom. The first-order valence-electron chi connectivity index (χ1n) is 7.85. The SMILES string of the molecule is Cc1c(C(=O)O)c2ccccc2n1[C@H](C)C1CCC(=O)CC1. The number of hydrogen-bond donors (Lipinski definition) is 1. The third-order valence-corrected chi connectivity index (χ3v) is 5.05. The Kier molecular flexibility index (Phi) is 3.77. The Morgan fingerprint density at radius 2 is 1.91 bits per heavy atom. The van der Waals surface area contributed by atoms with Crippen LogP contribution < -0.4 is 0 Å². The monoisotopic (exact) mass is 299 g/mol. The number of nitrogens with zero attached hydrogens (tertiary/aromatic N) is 1. The van der Waals surface area contributed by atoms with Crippen LogP contribution in [-0.2, 0) is 4.79 Å². The molecule has 1 aromatic heterocycles. The van der Waals surface area contributed by atoms with E-state index in [0.29, 0.717) is 30.1 Å². The molecule has 0 saturated heterocycles. The molecule has 0 radical (unpaired) electrons. The summed E-state index contributed by atoms with van der Waals surface area (Å²) in [6.45, 7) is 4.03. The van der Waals surface area contributed by atoms with Crippen molar-refractivity contribution in [3.05, 3.63) is 35.5 Å². The number of aromatic carboxylic acids is 1. The van der Waals surface area contributed by atoms with Gasteiger partial charge in [-0.3, -0.25) is 4.79 Å². The third kappa shape index (κ3) is 2.32. The fourth-order valence-corrected chi connectivity index (χ4v) is 3.84. The van der Waals surface area contributed by atoms with Gasteiger partial charge in [0.25, 0.3) is 0 Å². The highest BCUT2D eigenvalue weighted by Gasteiger charge is 2.28. The summed E-state index contributed by atoms with van der Waals surface area (Å²) in [4.78, 5) is 23.1. The number of ketones is 1. The molecule has 2 aromatic rings. The van der Waals surface area contributed by atoms with Crippen LogP contribution in [0.25, 0.3) is 10.9 Å². The van der Waals surface area contributed by atoms with Crippen molar-refractivity contribution in [1.29, 1.82) is 0 Å². The summed E-state index contributed by atoms with van der Waals surface area (Å²) in [5.41, 5.74) is 2.18. The average molecular weight is 299 g/mol. The molecule has 116 valence electrons. The topological polar surface area (TPSA) is 59.3 Å². The molecule has 1 fully saturated rings. The lowest BCUT2D eigenvalue weighted by atomic mass is 9.83. The van der Waals surface area contributed by atoms with Crippen molar-refractivity contribution in [2.24, 2.45) is 5.92 Å². The molecule has 0 bridgehead atoms. The van der Waals surface area contributed by atoms with Crippen molar-refractivity contribution in [3.63, 3.8) is 0 Å². The summed E-state index contributed by atoms with van der Waals surface area (Å²) >= 11 is 0. The maximum atomic E-state index is 11.6. The van der Waals surface area contributed by atoms with Crippen LogP contribution in [0.5, 0.6) is 0 Å². The van der Waals surface area contributed by atoms with Crippen LogP contribution >= 0.6 is 0 Å². The van der Waals surface area contributed by atoms with Gasteiger partial charge in [0.05, 0.1) is 5.56 Å². The van der Waals surface area contributed by atoms with E-state index >= 15 is 0 Å². The Morgan fingerprint density at radius 3 is 2.55 bits per heavy atom. The van der Waals surface area contributed by atoms with E-state index in [-0.39, 0.29) is 6.04 Å². The van der Waals surface area contributed by atoms with Crippen LogP contribution in [0.2, 0.25) is 0 Å². The van der Waals surface area contributed by atoms with Gasteiger partial charge in [0.1, 0.15) is 5.78 Å². The molecule has 0 amide bonds.